The number of nitriles is 1. The largest absolute Gasteiger partial charge is 0.573 e. The SMILES string of the molecule is N#Cc1ccc(N=C(NNC(=O)Nc2ccc(OC(F)(F)F)cc2)n2cccn2)cc1. The number of aromatic nitrogens is 2. The van der Waals surface area contributed by atoms with Gasteiger partial charge >= 0.3 is 12.4 Å². The number of hydrogen-bond donors (Lipinski definition) is 3. The second kappa shape index (κ2) is 9.31. The second-order valence-corrected chi connectivity index (χ2v) is 5.82. The highest BCUT2D eigenvalue weighted by Crippen LogP contribution is 2.23. The quantitative estimate of drug-likeness (QED) is 0.335. The number of aliphatic imine (C=N–C) groups is 1. The molecule has 0 aliphatic carbocycles. The van der Waals surface area contributed by atoms with Gasteiger partial charge in [-0.05, 0) is 54.6 Å². The van der Waals surface area contributed by atoms with Gasteiger partial charge in [0.2, 0.25) is 5.96 Å². The summed E-state index contributed by atoms with van der Waals surface area (Å²) < 4.78 is 41.7. The predicted octanol–water partition coefficient (Wildman–Crippen LogP) is 3.52. The highest BCUT2D eigenvalue weighted by atomic mass is 19.4. The Balaban J connectivity index is 1.64. The molecule has 0 aliphatic heterocycles. The highest BCUT2D eigenvalue weighted by Gasteiger charge is 2.30. The monoisotopic (exact) mass is 429 g/mol. The van der Waals surface area contributed by atoms with Crippen LogP contribution >= 0.6 is 0 Å². The number of nitrogens with zero attached hydrogens (tertiary/aromatic N) is 4. The van der Waals surface area contributed by atoms with Crippen molar-refractivity contribution in [3.63, 3.8) is 0 Å². The summed E-state index contributed by atoms with van der Waals surface area (Å²) in [5.74, 6) is -0.258. The Hall–Kier alpha value is -4.53. The number of ether oxygens (including phenoxy) is 1. The molecule has 9 nitrogen and oxygen atoms in total. The first-order valence-corrected chi connectivity index (χ1v) is 8.60. The van der Waals surface area contributed by atoms with Gasteiger partial charge < -0.3 is 10.1 Å². The maximum absolute atomic E-state index is 12.2. The number of urea groups is 1. The minimum absolute atomic E-state index is 0.152. The molecule has 0 bridgehead atoms. The Labute approximate surface area is 173 Å². The highest BCUT2D eigenvalue weighted by molar-refractivity contribution is 5.92. The molecule has 0 fully saturated rings. The van der Waals surface area contributed by atoms with E-state index in [9.17, 15) is 18.0 Å². The maximum atomic E-state index is 12.2. The number of hydrogen-bond acceptors (Lipinski definition) is 5. The molecule has 0 saturated heterocycles. The van der Waals surface area contributed by atoms with Gasteiger partial charge in [0.05, 0.1) is 17.3 Å². The lowest BCUT2D eigenvalue weighted by Crippen LogP contribution is -2.46. The van der Waals surface area contributed by atoms with Gasteiger partial charge in [-0.3, -0.25) is 5.43 Å². The van der Waals surface area contributed by atoms with Crippen molar-refractivity contribution in [2.75, 3.05) is 5.32 Å². The third kappa shape index (κ3) is 6.50. The molecule has 3 N–H and O–H groups in total. The van der Waals surface area contributed by atoms with Crippen molar-refractivity contribution in [3.8, 4) is 11.8 Å². The zero-order chi connectivity index (χ0) is 22.3. The molecule has 0 radical (unpaired) electrons. The first-order valence-electron chi connectivity index (χ1n) is 8.60. The van der Waals surface area contributed by atoms with Crippen LogP contribution in [-0.2, 0) is 0 Å². The average Bonchev–Trinajstić information content (AvgIpc) is 3.27. The number of halogens is 3. The van der Waals surface area contributed by atoms with Crippen LogP contribution in [0.5, 0.6) is 5.75 Å². The molecule has 12 heteroatoms. The van der Waals surface area contributed by atoms with Crippen LogP contribution in [0.2, 0.25) is 0 Å². The Morgan fingerprint density at radius 2 is 1.81 bits per heavy atom. The van der Waals surface area contributed by atoms with Gasteiger partial charge in [0.25, 0.3) is 0 Å². The predicted molar refractivity (Wildman–Crippen MR) is 104 cm³/mol. The summed E-state index contributed by atoms with van der Waals surface area (Å²) in [6.07, 6.45) is -1.69. The van der Waals surface area contributed by atoms with Crippen molar-refractivity contribution in [2.45, 2.75) is 6.36 Å². The van der Waals surface area contributed by atoms with Crippen molar-refractivity contribution >= 4 is 23.4 Å². The molecule has 0 unspecified atom stereocenters. The van der Waals surface area contributed by atoms with E-state index in [1.807, 2.05) is 6.07 Å². The third-order valence-corrected chi connectivity index (χ3v) is 3.59. The number of alkyl halides is 3. The lowest BCUT2D eigenvalue weighted by molar-refractivity contribution is -0.274. The van der Waals surface area contributed by atoms with E-state index in [1.165, 1.54) is 23.0 Å². The molecule has 1 aromatic heterocycles. The Kier molecular flexibility index (Phi) is 6.36. The zero-order valence-corrected chi connectivity index (χ0v) is 15.6. The molecule has 1 heterocycles. The summed E-state index contributed by atoms with van der Waals surface area (Å²) in [6.45, 7) is 0. The molecule has 0 aliphatic rings. The van der Waals surface area contributed by atoms with E-state index in [0.29, 0.717) is 11.3 Å². The Morgan fingerprint density at radius 1 is 1.10 bits per heavy atom. The van der Waals surface area contributed by atoms with Crippen LogP contribution in [0.3, 0.4) is 0 Å². The topological polar surface area (TPSA) is 116 Å². The zero-order valence-electron chi connectivity index (χ0n) is 15.6. The van der Waals surface area contributed by atoms with Crippen LogP contribution < -0.4 is 20.9 Å². The van der Waals surface area contributed by atoms with E-state index < -0.39 is 18.1 Å². The van der Waals surface area contributed by atoms with Crippen molar-refractivity contribution in [3.05, 3.63) is 72.6 Å². The van der Waals surface area contributed by atoms with Gasteiger partial charge in [0, 0.05) is 18.1 Å². The average molecular weight is 429 g/mol. The van der Waals surface area contributed by atoms with Gasteiger partial charge in [-0.2, -0.15) is 10.4 Å². The van der Waals surface area contributed by atoms with E-state index in [2.05, 4.69) is 31.0 Å². The van der Waals surface area contributed by atoms with Gasteiger partial charge in [-0.15, -0.1) is 13.2 Å². The smallest absolute Gasteiger partial charge is 0.406 e. The molecule has 3 rings (SSSR count). The number of benzene rings is 2. The molecule has 2 aromatic carbocycles. The number of amides is 2. The summed E-state index contributed by atoms with van der Waals surface area (Å²) in [6, 6.07) is 14.0. The second-order valence-electron chi connectivity index (χ2n) is 5.82. The summed E-state index contributed by atoms with van der Waals surface area (Å²) in [5, 5.41) is 15.4. The molecule has 0 atom stereocenters. The molecule has 158 valence electrons. The number of hydrazine groups is 1. The van der Waals surface area contributed by atoms with Gasteiger partial charge in [0.15, 0.2) is 0 Å². The van der Waals surface area contributed by atoms with E-state index in [-0.39, 0.29) is 11.6 Å². The molecular formula is C19H14F3N7O2. The fourth-order valence-corrected chi connectivity index (χ4v) is 2.28. The lowest BCUT2D eigenvalue weighted by atomic mass is 10.2. The summed E-state index contributed by atoms with van der Waals surface area (Å²) in [4.78, 5) is 16.5. The maximum Gasteiger partial charge on any atom is 0.573 e. The number of carbonyl (C=O) groups excluding carboxylic acids is 1. The van der Waals surface area contributed by atoms with Crippen molar-refractivity contribution in [2.24, 2.45) is 4.99 Å². The Morgan fingerprint density at radius 3 is 2.39 bits per heavy atom. The number of nitrogens with one attached hydrogen (secondary N) is 3. The minimum Gasteiger partial charge on any atom is -0.406 e. The van der Waals surface area contributed by atoms with Gasteiger partial charge in [-0.1, -0.05) is 0 Å². The fraction of sp³-hybridized carbons (Fsp3) is 0.0526. The van der Waals surface area contributed by atoms with E-state index in [1.54, 1.807) is 36.5 Å². The minimum atomic E-state index is -4.80. The van der Waals surface area contributed by atoms with Crippen LogP contribution in [-0.4, -0.2) is 28.1 Å². The fourth-order valence-electron chi connectivity index (χ4n) is 2.28. The number of rotatable bonds is 3. The summed E-state index contributed by atoms with van der Waals surface area (Å²) in [5.41, 5.74) is 6.17. The molecule has 0 saturated carbocycles. The molecule has 31 heavy (non-hydrogen) atoms. The van der Waals surface area contributed by atoms with Crippen LogP contribution in [0.1, 0.15) is 5.56 Å². The normalized spacial score (nSPS) is 11.4. The standard InChI is InChI=1S/C19H14F3N7O2/c20-19(21,22)31-16-8-6-15(7-9-16)26-18(30)28-27-17(29-11-1-10-24-29)25-14-4-2-13(12-23)3-5-14/h1-11H,(H,25,27)(H2,26,28,30). The van der Waals surface area contributed by atoms with E-state index in [4.69, 9.17) is 5.26 Å². The molecular weight excluding hydrogens is 415 g/mol. The van der Waals surface area contributed by atoms with Crippen molar-refractivity contribution in [1.29, 1.82) is 5.26 Å². The van der Waals surface area contributed by atoms with E-state index in [0.717, 1.165) is 12.1 Å². The van der Waals surface area contributed by atoms with Crippen LogP contribution in [0, 0.1) is 11.3 Å². The lowest BCUT2D eigenvalue weighted by Gasteiger charge is -2.13. The first-order chi connectivity index (χ1) is 14.8. The summed E-state index contributed by atoms with van der Waals surface area (Å²) in [7, 11) is 0. The van der Waals surface area contributed by atoms with Crippen molar-refractivity contribution in [1.82, 2.24) is 20.6 Å². The van der Waals surface area contributed by atoms with Crippen LogP contribution in [0.15, 0.2) is 72.0 Å². The van der Waals surface area contributed by atoms with Crippen LogP contribution in [0.25, 0.3) is 0 Å². The van der Waals surface area contributed by atoms with Crippen LogP contribution in [0.4, 0.5) is 29.3 Å². The molecule has 0 spiro atoms. The Bertz CT molecular complexity index is 1090. The van der Waals surface area contributed by atoms with Crippen molar-refractivity contribution < 1.29 is 22.7 Å². The van der Waals surface area contributed by atoms with Gasteiger partial charge in [-0.25, -0.2) is 19.9 Å². The summed E-state index contributed by atoms with van der Waals surface area (Å²) >= 11 is 0. The molecule has 2 amide bonds. The third-order valence-electron chi connectivity index (χ3n) is 3.59. The number of carbonyl (C=O) groups is 1. The van der Waals surface area contributed by atoms with E-state index >= 15 is 0 Å². The van der Waals surface area contributed by atoms with Gasteiger partial charge in [0.1, 0.15) is 5.75 Å². The number of anilines is 1. The first kappa shape index (κ1) is 21.2. The molecule has 3 aromatic rings.